The third-order valence-corrected chi connectivity index (χ3v) is 4.33. The Morgan fingerprint density at radius 1 is 1.21 bits per heavy atom. The van der Waals surface area contributed by atoms with Gasteiger partial charge in [0.25, 0.3) is 0 Å². The SMILES string of the molecule is CCS(=O)(=O)NCCc1ccc2c(c1)OCCCO2. The molecule has 1 aliphatic rings. The van der Waals surface area contributed by atoms with Crippen molar-refractivity contribution < 1.29 is 17.9 Å². The summed E-state index contributed by atoms with van der Waals surface area (Å²) in [5, 5.41) is 0. The van der Waals surface area contributed by atoms with Crippen LogP contribution in [0.4, 0.5) is 0 Å². The van der Waals surface area contributed by atoms with Crippen LogP contribution >= 0.6 is 0 Å². The first kappa shape index (κ1) is 14.1. The second kappa shape index (κ2) is 6.25. The van der Waals surface area contributed by atoms with E-state index in [2.05, 4.69) is 4.72 Å². The predicted molar refractivity (Wildman–Crippen MR) is 73.2 cm³/mol. The molecule has 0 atom stereocenters. The van der Waals surface area contributed by atoms with E-state index in [0.717, 1.165) is 23.5 Å². The Morgan fingerprint density at radius 3 is 2.68 bits per heavy atom. The van der Waals surface area contributed by atoms with Crippen LogP contribution in [0.3, 0.4) is 0 Å². The lowest BCUT2D eigenvalue weighted by atomic mass is 10.1. The Morgan fingerprint density at radius 2 is 1.95 bits per heavy atom. The first-order valence-electron chi connectivity index (χ1n) is 6.46. The topological polar surface area (TPSA) is 64.6 Å². The van der Waals surface area contributed by atoms with Gasteiger partial charge in [0.2, 0.25) is 10.0 Å². The monoisotopic (exact) mass is 285 g/mol. The van der Waals surface area contributed by atoms with Crippen LogP contribution in [0.25, 0.3) is 0 Å². The molecule has 19 heavy (non-hydrogen) atoms. The molecule has 5 nitrogen and oxygen atoms in total. The average Bonchev–Trinajstić information content (AvgIpc) is 2.63. The fraction of sp³-hybridized carbons (Fsp3) is 0.538. The third-order valence-electron chi connectivity index (χ3n) is 2.93. The van der Waals surface area contributed by atoms with Gasteiger partial charge in [0.05, 0.1) is 19.0 Å². The molecule has 0 aromatic heterocycles. The fourth-order valence-corrected chi connectivity index (χ4v) is 2.43. The van der Waals surface area contributed by atoms with Gasteiger partial charge in [-0.25, -0.2) is 13.1 Å². The highest BCUT2D eigenvalue weighted by atomic mass is 32.2. The van der Waals surface area contributed by atoms with Crippen LogP contribution < -0.4 is 14.2 Å². The number of fused-ring (bicyclic) bond motifs is 1. The van der Waals surface area contributed by atoms with E-state index in [9.17, 15) is 8.42 Å². The smallest absolute Gasteiger partial charge is 0.211 e. The molecule has 0 saturated heterocycles. The molecule has 2 rings (SSSR count). The maximum atomic E-state index is 11.3. The number of rotatable bonds is 5. The van der Waals surface area contributed by atoms with Crippen LogP contribution in [0.2, 0.25) is 0 Å². The van der Waals surface area contributed by atoms with Gasteiger partial charge < -0.3 is 9.47 Å². The van der Waals surface area contributed by atoms with Crippen molar-refractivity contribution >= 4 is 10.0 Å². The first-order valence-corrected chi connectivity index (χ1v) is 8.12. The fourth-order valence-electron chi connectivity index (χ4n) is 1.82. The summed E-state index contributed by atoms with van der Waals surface area (Å²) >= 11 is 0. The number of ether oxygens (including phenoxy) is 2. The molecule has 1 aliphatic heterocycles. The lowest BCUT2D eigenvalue weighted by molar-refractivity contribution is 0.297. The van der Waals surface area contributed by atoms with Gasteiger partial charge in [-0.2, -0.15) is 0 Å². The molecule has 1 N–H and O–H groups in total. The predicted octanol–water partition coefficient (Wildman–Crippen LogP) is 1.33. The first-order chi connectivity index (χ1) is 9.11. The minimum Gasteiger partial charge on any atom is -0.490 e. The van der Waals surface area contributed by atoms with Crippen molar-refractivity contribution in [3.8, 4) is 11.5 Å². The van der Waals surface area contributed by atoms with Crippen LogP contribution in [0.1, 0.15) is 18.9 Å². The molecule has 0 spiro atoms. The Labute approximate surface area is 114 Å². The largest absolute Gasteiger partial charge is 0.490 e. The molecule has 1 aromatic rings. The number of benzene rings is 1. The summed E-state index contributed by atoms with van der Waals surface area (Å²) in [5.74, 6) is 1.61. The summed E-state index contributed by atoms with van der Waals surface area (Å²) in [4.78, 5) is 0. The number of sulfonamides is 1. The zero-order valence-electron chi connectivity index (χ0n) is 11.0. The maximum Gasteiger partial charge on any atom is 0.211 e. The average molecular weight is 285 g/mol. The van der Waals surface area contributed by atoms with Gasteiger partial charge >= 0.3 is 0 Å². The van der Waals surface area contributed by atoms with E-state index in [1.807, 2.05) is 18.2 Å². The number of hydrogen-bond acceptors (Lipinski definition) is 4. The van der Waals surface area contributed by atoms with E-state index in [-0.39, 0.29) is 5.75 Å². The van der Waals surface area contributed by atoms with E-state index in [4.69, 9.17) is 9.47 Å². The molecule has 1 aromatic carbocycles. The Bertz CT molecular complexity index is 527. The van der Waals surface area contributed by atoms with Crippen molar-refractivity contribution in [1.29, 1.82) is 0 Å². The molecule has 1 heterocycles. The van der Waals surface area contributed by atoms with Gasteiger partial charge in [0, 0.05) is 13.0 Å². The van der Waals surface area contributed by atoms with E-state index < -0.39 is 10.0 Å². The van der Waals surface area contributed by atoms with Gasteiger partial charge in [-0.1, -0.05) is 6.07 Å². The lowest BCUT2D eigenvalue weighted by Gasteiger charge is -2.09. The highest BCUT2D eigenvalue weighted by Crippen LogP contribution is 2.30. The molecule has 0 saturated carbocycles. The van der Waals surface area contributed by atoms with Crippen molar-refractivity contribution in [2.45, 2.75) is 19.8 Å². The Hall–Kier alpha value is -1.27. The summed E-state index contributed by atoms with van der Waals surface area (Å²) in [6.07, 6.45) is 1.51. The molecule has 0 radical (unpaired) electrons. The van der Waals surface area contributed by atoms with Crippen LogP contribution in [0.15, 0.2) is 18.2 Å². The van der Waals surface area contributed by atoms with Crippen molar-refractivity contribution in [2.24, 2.45) is 0 Å². The number of nitrogens with one attached hydrogen (secondary N) is 1. The van der Waals surface area contributed by atoms with Crippen LogP contribution in [0.5, 0.6) is 11.5 Å². The molecule has 106 valence electrons. The molecule has 0 fully saturated rings. The van der Waals surface area contributed by atoms with E-state index in [0.29, 0.717) is 26.2 Å². The van der Waals surface area contributed by atoms with Crippen LogP contribution in [-0.4, -0.2) is 33.9 Å². The highest BCUT2D eigenvalue weighted by Gasteiger charge is 2.11. The van der Waals surface area contributed by atoms with Crippen LogP contribution in [-0.2, 0) is 16.4 Å². The number of hydrogen-bond donors (Lipinski definition) is 1. The van der Waals surface area contributed by atoms with Gasteiger partial charge in [0.1, 0.15) is 0 Å². The summed E-state index contributed by atoms with van der Waals surface area (Å²) in [6, 6.07) is 5.74. The lowest BCUT2D eigenvalue weighted by Crippen LogP contribution is -2.27. The zero-order chi connectivity index (χ0) is 13.7. The minimum atomic E-state index is -3.12. The van der Waals surface area contributed by atoms with E-state index >= 15 is 0 Å². The standard InChI is InChI=1S/C13H19NO4S/c1-2-19(15,16)14-7-6-11-4-5-12-13(10-11)18-9-3-8-17-12/h4-5,10,14H,2-3,6-9H2,1H3. The molecule has 0 amide bonds. The zero-order valence-corrected chi connectivity index (χ0v) is 11.8. The molecular weight excluding hydrogens is 266 g/mol. The summed E-state index contributed by atoms with van der Waals surface area (Å²) in [6.45, 7) is 3.34. The van der Waals surface area contributed by atoms with Crippen molar-refractivity contribution in [1.82, 2.24) is 4.72 Å². The molecule has 6 heteroatoms. The second-order valence-electron chi connectivity index (χ2n) is 4.38. The summed E-state index contributed by atoms with van der Waals surface area (Å²) in [7, 11) is -3.12. The third kappa shape index (κ3) is 4.11. The van der Waals surface area contributed by atoms with Crippen molar-refractivity contribution in [3.05, 3.63) is 23.8 Å². The second-order valence-corrected chi connectivity index (χ2v) is 6.47. The van der Waals surface area contributed by atoms with Gasteiger partial charge in [-0.05, 0) is 31.0 Å². The summed E-state index contributed by atoms with van der Waals surface area (Å²) < 4.78 is 36.3. The van der Waals surface area contributed by atoms with Crippen molar-refractivity contribution in [2.75, 3.05) is 25.5 Å². The van der Waals surface area contributed by atoms with Gasteiger partial charge in [-0.3, -0.25) is 0 Å². The Kier molecular flexibility index (Phi) is 4.66. The molecule has 0 unspecified atom stereocenters. The van der Waals surface area contributed by atoms with Crippen molar-refractivity contribution in [3.63, 3.8) is 0 Å². The minimum absolute atomic E-state index is 0.105. The quantitative estimate of drug-likeness (QED) is 0.886. The summed E-state index contributed by atoms with van der Waals surface area (Å²) in [5.41, 5.74) is 1.03. The van der Waals surface area contributed by atoms with Gasteiger partial charge in [-0.15, -0.1) is 0 Å². The van der Waals surface area contributed by atoms with Crippen LogP contribution in [0, 0.1) is 0 Å². The normalized spacial score (nSPS) is 15.0. The maximum absolute atomic E-state index is 11.3. The molecule has 0 aliphatic carbocycles. The highest BCUT2D eigenvalue weighted by molar-refractivity contribution is 7.89. The molecular formula is C13H19NO4S. The van der Waals surface area contributed by atoms with Gasteiger partial charge in [0.15, 0.2) is 11.5 Å². The van der Waals surface area contributed by atoms with E-state index in [1.165, 1.54) is 0 Å². The molecule has 0 bridgehead atoms. The van der Waals surface area contributed by atoms with E-state index in [1.54, 1.807) is 6.92 Å². The Balaban J connectivity index is 1.96.